The highest BCUT2D eigenvalue weighted by atomic mass is 16.1. The van der Waals surface area contributed by atoms with Gasteiger partial charge in [0, 0.05) is 11.6 Å². The Morgan fingerprint density at radius 3 is 2.56 bits per heavy atom. The van der Waals surface area contributed by atoms with Gasteiger partial charge in [-0.1, -0.05) is 0 Å². The molecule has 0 aromatic carbocycles. The number of carbonyl (C=O) groups excluding carboxylic acids is 1. The van der Waals surface area contributed by atoms with Crippen LogP contribution in [0.15, 0.2) is 11.8 Å². The lowest BCUT2D eigenvalue weighted by Gasteiger charge is -1.88. The smallest absolute Gasteiger partial charge is 0.160 e. The molecule has 1 saturated carbocycles. The lowest BCUT2D eigenvalue weighted by atomic mass is 10.2. The van der Waals surface area contributed by atoms with E-state index in [1.807, 2.05) is 0 Å². The molecule has 50 valence electrons. The topological polar surface area (TPSA) is 43.1 Å². The minimum atomic E-state index is 0.204. The zero-order chi connectivity index (χ0) is 6.85. The zero-order valence-corrected chi connectivity index (χ0v) is 5.55. The van der Waals surface area contributed by atoms with E-state index in [-0.39, 0.29) is 5.78 Å². The van der Waals surface area contributed by atoms with Crippen LogP contribution in [0.5, 0.6) is 0 Å². The molecule has 1 rings (SSSR count). The van der Waals surface area contributed by atoms with Crippen LogP contribution in [0.3, 0.4) is 0 Å². The number of nitrogens with two attached hydrogens (primary N) is 1. The van der Waals surface area contributed by atoms with Gasteiger partial charge in [0.1, 0.15) is 0 Å². The Labute approximate surface area is 54.7 Å². The fourth-order valence-electron chi connectivity index (χ4n) is 0.710. The third-order valence-corrected chi connectivity index (χ3v) is 1.35. The number of hydrogen-bond donors (Lipinski definition) is 1. The van der Waals surface area contributed by atoms with Crippen molar-refractivity contribution in [2.45, 2.75) is 19.8 Å². The lowest BCUT2D eigenvalue weighted by molar-refractivity contribution is -0.115. The third-order valence-electron chi connectivity index (χ3n) is 1.35. The third kappa shape index (κ3) is 1.88. The van der Waals surface area contributed by atoms with Crippen LogP contribution >= 0.6 is 0 Å². The molecule has 0 bridgehead atoms. The second kappa shape index (κ2) is 2.21. The molecule has 0 saturated heterocycles. The van der Waals surface area contributed by atoms with Crippen LogP contribution in [-0.4, -0.2) is 5.78 Å². The van der Waals surface area contributed by atoms with E-state index in [1.165, 1.54) is 6.08 Å². The fraction of sp³-hybridized carbons (Fsp3) is 0.571. The van der Waals surface area contributed by atoms with Crippen LogP contribution < -0.4 is 5.73 Å². The highest BCUT2D eigenvalue weighted by Gasteiger charge is 2.27. The van der Waals surface area contributed by atoms with Crippen LogP contribution in [0.25, 0.3) is 0 Å². The molecule has 0 aromatic rings. The van der Waals surface area contributed by atoms with Gasteiger partial charge in [0.2, 0.25) is 0 Å². The van der Waals surface area contributed by atoms with Crippen molar-refractivity contribution in [3.05, 3.63) is 11.8 Å². The first-order valence-corrected chi connectivity index (χ1v) is 3.18. The van der Waals surface area contributed by atoms with Crippen molar-refractivity contribution in [1.82, 2.24) is 0 Å². The summed E-state index contributed by atoms with van der Waals surface area (Å²) in [7, 11) is 0. The van der Waals surface area contributed by atoms with Gasteiger partial charge in [-0.3, -0.25) is 4.79 Å². The molecule has 0 aliphatic heterocycles. The highest BCUT2D eigenvalue weighted by Crippen LogP contribution is 2.30. The Balaban J connectivity index is 2.42. The van der Waals surface area contributed by atoms with Crippen molar-refractivity contribution < 1.29 is 4.79 Å². The molecule has 0 atom stereocenters. The highest BCUT2D eigenvalue weighted by molar-refractivity contribution is 5.93. The molecule has 9 heavy (non-hydrogen) atoms. The molecule has 0 radical (unpaired) electrons. The van der Waals surface area contributed by atoms with Crippen molar-refractivity contribution in [2.75, 3.05) is 0 Å². The van der Waals surface area contributed by atoms with Gasteiger partial charge in [0.05, 0.1) is 0 Å². The Morgan fingerprint density at radius 2 is 2.22 bits per heavy atom. The first-order valence-electron chi connectivity index (χ1n) is 3.18. The summed E-state index contributed by atoms with van der Waals surface area (Å²) in [6.45, 7) is 1.74. The molecule has 2 N–H and O–H groups in total. The van der Waals surface area contributed by atoms with Crippen molar-refractivity contribution in [3.8, 4) is 0 Å². The quantitative estimate of drug-likeness (QED) is 0.555. The molecule has 1 aliphatic carbocycles. The molecule has 2 heteroatoms. The monoisotopic (exact) mass is 125 g/mol. The second-order valence-electron chi connectivity index (χ2n) is 2.56. The van der Waals surface area contributed by atoms with Crippen molar-refractivity contribution in [3.63, 3.8) is 0 Å². The van der Waals surface area contributed by atoms with Crippen LogP contribution in [0, 0.1) is 5.92 Å². The molecule has 1 aliphatic rings. The molecule has 0 spiro atoms. The standard InChI is InChI=1S/C7H11NO/c1-5(8)4-7(9)6-2-3-6/h4,6H,2-3,8H2,1H3. The Hall–Kier alpha value is -0.790. The van der Waals surface area contributed by atoms with Crippen LogP contribution in [0.1, 0.15) is 19.8 Å². The maximum atomic E-state index is 10.9. The Bertz CT molecular complexity index is 152. The van der Waals surface area contributed by atoms with E-state index in [4.69, 9.17) is 5.73 Å². The van der Waals surface area contributed by atoms with Gasteiger partial charge < -0.3 is 5.73 Å². The zero-order valence-electron chi connectivity index (χ0n) is 5.55. The first-order chi connectivity index (χ1) is 4.20. The summed E-state index contributed by atoms with van der Waals surface area (Å²) in [4.78, 5) is 10.9. The molecule has 0 amide bonds. The predicted octanol–water partition coefficient (Wildman–Crippen LogP) is 0.828. The Kier molecular flexibility index (Phi) is 1.56. The Morgan fingerprint density at radius 1 is 1.67 bits per heavy atom. The molecule has 1 fully saturated rings. The second-order valence-corrected chi connectivity index (χ2v) is 2.56. The number of hydrogen-bond acceptors (Lipinski definition) is 2. The van der Waals surface area contributed by atoms with Crippen molar-refractivity contribution in [1.29, 1.82) is 0 Å². The first kappa shape index (κ1) is 6.33. The summed E-state index contributed by atoms with van der Waals surface area (Å²) in [5.74, 6) is 0.512. The minimum absolute atomic E-state index is 0.204. The molecular weight excluding hydrogens is 114 g/mol. The summed E-state index contributed by atoms with van der Waals surface area (Å²) >= 11 is 0. The van der Waals surface area contributed by atoms with Crippen molar-refractivity contribution >= 4 is 5.78 Å². The van der Waals surface area contributed by atoms with Gasteiger partial charge in [-0.25, -0.2) is 0 Å². The molecular formula is C7H11NO. The number of ketones is 1. The summed E-state index contributed by atoms with van der Waals surface area (Å²) in [5, 5.41) is 0. The predicted molar refractivity (Wildman–Crippen MR) is 35.7 cm³/mol. The van der Waals surface area contributed by atoms with Gasteiger partial charge in [0.15, 0.2) is 5.78 Å². The van der Waals surface area contributed by atoms with Gasteiger partial charge >= 0.3 is 0 Å². The van der Waals surface area contributed by atoms with E-state index in [0.29, 0.717) is 11.6 Å². The number of rotatable bonds is 2. The fourth-order valence-corrected chi connectivity index (χ4v) is 0.710. The lowest BCUT2D eigenvalue weighted by Crippen LogP contribution is -2.00. The van der Waals surface area contributed by atoms with E-state index in [1.54, 1.807) is 6.92 Å². The largest absolute Gasteiger partial charge is 0.402 e. The van der Waals surface area contributed by atoms with Crippen LogP contribution in [0.4, 0.5) is 0 Å². The molecule has 2 nitrogen and oxygen atoms in total. The van der Waals surface area contributed by atoms with E-state index in [2.05, 4.69) is 0 Å². The van der Waals surface area contributed by atoms with E-state index < -0.39 is 0 Å². The average molecular weight is 125 g/mol. The van der Waals surface area contributed by atoms with Crippen LogP contribution in [0.2, 0.25) is 0 Å². The van der Waals surface area contributed by atoms with Gasteiger partial charge in [-0.2, -0.15) is 0 Å². The SMILES string of the molecule is CC(N)=CC(=O)C1CC1. The minimum Gasteiger partial charge on any atom is -0.402 e. The normalized spacial score (nSPS) is 19.9. The molecule has 0 aromatic heterocycles. The van der Waals surface area contributed by atoms with E-state index >= 15 is 0 Å². The summed E-state index contributed by atoms with van der Waals surface area (Å²) in [6.07, 6.45) is 3.64. The molecule has 0 unspecified atom stereocenters. The summed E-state index contributed by atoms with van der Waals surface area (Å²) in [6, 6.07) is 0. The van der Waals surface area contributed by atoms with Gasteiger partial charge in [-0.05, 0) is 25.8 Å². The van der Waals surface area contributed by atoms with Gasteiger partial charge in [-0.15, -0.1) is 0 Å². The van der Waals surface area contributed by atoms with E-state index in [9.17, 15) is 4.79 Å². The van der Waals surface area contributed by atoms with Crippen molar-refractivity contribution in [2.24, 2.45) is 11.7 Å². The maximum absolute atomic E-state index is 10.9. The van der Waals surface area contributed by atoms with Crippen LogP contribution in [-0.2, 0) is 4.79 Å². The summed E-state index contributed by atoms with van der Waals surface area (Å²) in [5.41, 5.74) is 5.92. The van der Waals surface area contributed by atoms with E-state index in [0.717, 1.165) is 12.8 Å². The number of allylic oxidation sites excluding steroid dienone is 2. The summed E-state index contributed by atoms with van der Waals surface area (Å²) < 4.78 is 0. The average Bonchev–Trinajstić information content (AvgIpc) is 2.40. The maximum Gasteiger partial charge on any atom is 0.160 e. The molecule has 0 heterocycles. The number of carbonyl (C=O) groups is 1. The van der Waals surface area contributed by atoms with Gasteiger partial charge in [0.25, 0.3) is 0 Å².